The normalized spacial score (nSPS) is 11.4. The van der Waals surface area contributed by atoms with Crippen molar-refractivity contribution < 1.29 is 10.0 Å². The number of carbonyl (C=O) groups is 1. The fraction of sp³-hybridized carbons (Fsp3) is 0.429. The van der Waals surface area contributed by atoms with Gasteiger partial charge in [0.05, 0.1) is 0 Å². The van der Waals surface area contributed by atoms with Crippen molar-refractivity contribution in [2.24, 2.45) is 10.9 Å². The minimum absolute atomic E-state index is 0.0588. The van der Waals surface area contributed by atoms with E-state index in [0.29, 0.717) is 12.0 Å². The molecule has 0 unspecified atom stereocenters. The van der Waals surface area contributed by atoms with Gasteiger partial charge < -0.3 is 15.8 Å². The molecule has 1 aromatic rings. The Hall–Kier alpha value is -2.04. The van der Waals surface area contributed by atoms with E-state index >= 15 is 0 Å². The maximum absolute atomic E-state index is 11.9. The number of unbranched alkanes of at least 4 members (excludes halogenated alkanes) is 2. The van der Waals surface area contributed by atoms with Crippen LogP contribution < -0.4 is 10.6 Å². The molecule has 19 heavy (non-hydrogen) atoms. The first-order chi connectivity index (χ1) is 9.10. The molecular weight excluding hydrogens is 242 g/mol. The third kappa shape index (κ3) is 4.28. The molecule has 3 N–H and O–H groups in total. The van der Waals surface area contributed by atoms with Gasteiger partial charge in [0.1, 0.15) is 0 Å². The van der Waals surface area contributed by atoms with Gasteiger partial charge in [-0.05, 0) is 30.7 Å². The quantitative estimate of drug-likeness (QED) is 0.272. The van der Waals surface area contributed by atoms with Gasteiger partial charge in [-0.2, -0.15) is 0 Å². The van der Waals surface area contributed by atoms with Crippen LogP contribution in [0.4, 0.5) is 5.69 Å². The van der Waals surface area contributed by atoms with Crippen molar-refractivity contribution in [2.75, 3.05) is 11.9 Å². The van der Waals surface area contributed by atoms with Gasteiger partial charge >= 0.3 is 0 Å². The number of rotatable bonds is 6. The predicted molar refractivity (Wildman–Crippen MR) is 76.5 cm³/mol. The molecule has 0 aliphatic carbocycles. The molecule has 104 valence electrons. The summed E-state index contributed by atoms with van der Waals surface area (Å²) in [6, 6.07) is 7.01. The van der Waals surface area contributed by atoms with Crippen LogP contribution in [0.2, 0.25) is 0 Å². The van der Waals surface area contributed by atoms with Gasteiger partial charge in [0.15, 0.2) is 5.84 Å². The second kappa shape index (κ2) is 7.41. The maximum atomic E-state index is 11.9. The second-order valence-corrected chi connectivity index (χ2v) is 4.44. The van der Waals surface area contributed by atoms with Crippen molar-refractivity contribution in [1.82, 2.24) is 0 Å². The Kier molecular flexibility index (Phi) is 5.85. The summed E-state index contributed by atoms with van der Waals surface area (Å²) in [5.41, 5.74) is 6.91. The molecule has 1 aromatic carbocycles. The van der Waals surface area contributed by atoms with Gasteiger partial charge in [-0.3, -0.25) is 4.79 Å². The number of hydrogen-bond donors (Lipinski definition) is 2. The molecule has 0 aromatic heterocycles. The number of amides is 1. The zero-order valence-corrected chi connectivity index (χ0v) is 11.5. The largest absolute Gasteiger partial charge is 0.409 e. The van der Waals surface area contributed by atoms with Crippen molar-refractivity contribution in [1.29, 1.82) is 0 Å². The van der Waals surface area contributed by atoms with Crippen LogP contribution in [0.15, 0.2) is 29.4 Å². The monoisotopic (exact) mass is 263 g/mol. The van der Waals surface area contributed by atoms with Crippen molar-refractivity contribution >= 4 is 17.4 Å². The molecule has 0 saturated carbocycles. The van der Waals surface area contributed by atoms with E-state index in [9.17, 15) is 4.79 Å². The number of nitrogens with zero attached hydrogens (tertiary/aromatic N) is 2. The highest BCUT2D eigenvalue weighted by Gasteiger charge is 2.10. The number of amidine groups is 1. The van der Waals surface area contributed by atoms with Gasteiger partial charge in [-0.25, -0.2) is 0 Å². The number of hydrogen-bond acceptors (Lipinski definition) is 3. The third-order valence-corrected chi connectivity index (χ3v) is 3.03. The Bertz CT molecular complexity index is 441. The Morgan fingerprint density at radius 1 is 1.32 bits per heavy atom. The number of nitrogens with two attached hydrogens (primary N) is 1. The molecule has 0 radical (unpaired) electrons. The summed E-state index contributed by atoms with van der Waals surface area (Å²) >= 11 is 0. The maximum Gasteiger partial charge on any atom is 0.226 e. The topological polar surface area (TPSA) is 78.9 Å². The van der Waals surface area contributed by atoms with Crippen LogP contribution in [-0.2, 0) is 4.79 Å². The van der Waals surface area contributed by atoms with E-state index in [1.165, 1.54) is 0 Å². The Morgan fingerprint density at radius 3 is 2.47 bits per heavy atom. The summed E-state index contributed by atoms with van der Waals surface area (Å²) in [7, 11) is 1.76. The van der Waals surface area contributed by atoms with Crippen molar-refractivity contribution in [3.8, 4) is 0 Å². The smallest absolute Gasteiger partial charge is 0.226 e. The average Bonchev–Trinajstić information content (AvgIpc) is 2.46. The van der Waals surface area contributed by atoms with E-state index in [2.05, 4.69) is 12.1 Å². The van der Waals surface area contributed by atoms with E-state index in [0.717, 1.165) is 24.9 Å². The molecule has 0 heterocycles. The molecule has 0 saturated heterocycles. The summed E-state index contributed by atoms with van der Waals surface area (Å²) in [6.07, 6.45) is 3.65. The van der Waals surface area contributed by atoms with Crippen LogP contribution in [0.1, 0.15) is 38.2 Å². The molecule has 0 bridgehead atoms. The lowest BCUT2D eigenvalue weighted by atomic mass is 10.1. The summed E-state index contributed by atoms with van der Waals surface area (Å²) < 4.78 is 0. The minimum Gasteiger partial charge on any atom is -0.409 e. The standard InChI is InChI=1S/C14H21N3O2/c1-3-4-5-6-13(18)17(2)12-9-7-11(8-10-12)14(15)16-19/h7-10,19H,3-6H2,1-2H3,(H2,15,16). The SMILES string of the molecule is CCCCCC(=O)N(C)c1ccc(/C(N)=N/O)cc1. The van der Waals surface area contributed by atoms with E-state index < -0.39 is 0 Å². The molecular formula is C14H21N3O2. The van der Waals surface area contributed by atoms with Crippen LogP contribution in [0.25, 0.3) is 0 Å². The second-order valence-electron chi connectivity index (χ2n) is 4.44. The zero-order chi connectivity index (χ0) is 14.3. The predicted octanol–water partition coefficient (Wildman–Crippen LogP) is 2.32. The first-order valence-electron chi connectivity index (χ1n) is 6.44. The average molecular weight is 263 g/mol. The van der Waals surface area contributed by atoms with Crippen molar-refractivity contribution in [2.45, 2.75) is 32.6 Å². The highest BCUT2D eigenvalue weighted by molar-refractivity contribution is 5.98. The van der Waals surface area contributed by atoms with Gasteiger partial charge in [-0.1, -0.05) is 24.9 Å². The highest BCUT2D eigenvalue weighted by Crippen LogP contribution is 2.15. The molecule has 0 fully saturated rings. The number of carbonyl (C=O) groups excluding carboxylic acids is 1. The van der Waals surface area contributed by atoms with Crippen LogP contribution in [0.3, 0.4) is 0 Å². The lowest BCUT2D eigenvalue weighted by Crippen LogP contribution is -2.26. The summed E-state index contributed by atoms with van der Waals surface area (Å²) in [5.74, 6) is 0.161. The molecule has 0 aliphatic heterocycles. The highest BCUT2D eigenvalue weighted by atomic mass is 16.4. The number of benzene rings is 1. The van der Waals surface area contributed by atoms with Crippen LogP contribution in [0.5, 0.6) is 0 Å². The lowest BCUT2D eigenvalue weighted by molar-refractivity contribution is -0.118. The Balaban J connectivity index is 2.67. The van der Waals surface area contributed by atoms with E-state index in [-0.39, 0.29) is 11.7 Å². The van der Waals surface area contributed by atoms with E-state index in [4.69, 9.17) is 10.9 Å². The van der Waals surface area contributed by atoms with E-state index in [1.807, 2.05) is 0 Å². The number of oxime groups is 1. The van der Waals surface area contributed by atoms with Crippen LogP contribution in [-0.4, -0.2) is 24.0 Å². The van der Waals surface area contributed by atoms with Crippen LogP contribution >= 0.6 is 0 Å². The molecule has 5 heteroatoms. The molecule has 5 nitrogen and oxygen atoms in total. The molecule has 1 amide bonds. The third-order valence-electron chi connectivity index (χ3n) is 3.03. The summed E-state index contributed by atoms with van der Waals surface area (Å²) in [6.45, 7) is 2.11. The first kappa shape index (κ1) is 15.0. The molecule has 0 aliphatic rings. The Labute approximate surface area is 113 Å². The molecule has 0 spiro atoms. The first-order valence-corrected chi connectivity index (χ1v) is 6.44. The minimum atomic E-state index is 0.0588. The van der Waals surface area contributed by atoms with Crippen molar-refractivity contribution in [3.63, 3.8) is 0 Å². The lowest BCUT2D eigenvalue weighted by Gasteiger charge is -2.17. The fourth-order valence-corrected chi connectivity index (χ4v) is 1.75. The molecule has 1 rings (SSSR count). The van der Waals surface area contributed by atoms with Crippen molar-refractivity contribution in [3.05, 3.63) is 29.8 Å². The van der Waals surface area contributed by atoms with E-state index in [1.54, 1.807) is 36.2 Å². The summed E-state index contributed by atoms with van der Waals surface area (Å²) in [5, 5.41) is 11.5. The van der Waals surface area contributed by atoms with Crippen LogP contribution in [0, 0.1) is 0 Å². The Morgan fingerprint density at radius 2 is 1.95 bits per heavy atom. The van der Waals surface area contributed by atoms with Gasteiger partial charge in [0, 0.05) is 24.7 Å². The van der Waals surface area contributed by atoms with Gasteiger partial charge in [-0.15, -0.1) is 0 Å². The van der Waals surface area contributed by atoms with Gasteiger partial charge in [0.2, 0.25) is 5.91 Å². The fourth-order valence-electron chi connectivity index (χ4n) is 1.75. The summed E-state index contributed by atoms with van der Waals surface area (Å²) in [4.78, 5) is 13.6. The number of anilines is 1. The zero-order valence-electron chi connectivity index (χ0n) is 11.5. The molecule has 0 atom stereocenters. The van der Waals surface area contributed by atoms with Gasteiger partial charge in [0.25, 0.3) is 0 Å².